The first-order valence-electron chi connectivity index (χ1n) is 7.19. The lowest BCUT2D eigenvalue weighted by molar-refractivity contribution is -0.142. The Bertz CT molecular complexity index is 647. The van der Waals surface area contributed by atoms with Crippen LogP contribution in [0.25, 0.3) is 10.2 Å². The van der Waals surface area contributed by atoms with Crippen molar-refractivity contribution >= 4 is 32.7 Å². The largest absolute Gasteiger partial charge is 0.492 e. The van der Waals surface area contributed by atoms with Gasteiger partial charge >= 0.3 is 5.97 Å². The number of para-hydroxylation sites is 1. The van der Waals surface area contributed by atoms with Gasteiger partial charge in [-0.05, 0) is 31.9 Å². The number of carboxylic acids is 1. The summed E-state index contributed by atoms with van der Waals surface area (Å²) in [6, 6.07) is 5.96. The number of ether oxygens (including phenoxy) is 1. The lowest BCUT2D eigenvalue weighted by Crippen LogP contribution is -2.36. The van der Waals surface area contributed by atoms with Gasteiger partial charge in [-0.15, -0.1) is 0 Å². The molecule has 1 aromatic heterocycles. The molecule has 0 atom stereocenters. The standard InChI is InChI=1S/C15H18N2O3S/c1-2-20-11-4-3-5-12-13(11)16-15(21-12)17-8-6-10(7-9-17)14(18)19/h3-5,10H,2,6-9H2,1H3,(H,18,19). The third-order valence-corrected chi connectivity index (χ3v) is 4.87. The van der Waals surface area contributed by atoms with Crippen molar-refractivity contribution in [2.75, 3.05) is 24.6 Å². The van der Waals surface area contributed by atoms with Gasteiger partial charge in [0.05, 0.1) is 17.2 Å². The zero-order valence-corrected chi connectivity index (χ0v) is 12.7. The molecule has 1 aliphatic heterocycles. The summed E-state index contributed by atoms with van der Waals surface area (Å²) in [5.41, 5.74) is 0.903. The molecule has 0 amide bonds. The van der Waals surface area contributed by atoms with Gasteiger partial charge in [-0.2, -0.15) is 0 Å². The highest BCUT2D eigenvalue weighted by molar-refractivity contribution is 7.22. The SMILES string of the molecule is CCOc1cccc2sc(N3CCC(C(=O)O)CC3)nc12. The Morgan fingerprint density at radius 1 is 1.48 bits per heavy atom. The number of hydrogen-bond acceptors (Lipinski definition) is 5. The third-order valence-electron chi connectivity index (χ3n) is 3.79. The molecule has 2 heterocycles. The Balaban J connectivity index is 1.82. The highest BCUT2D eigenvalue weighted by Gasteiger charge is 2.26. The summed E-state index contributed by atoms with van der Waals surface area (Å²) < 4.78 is 6.72. The van der Waals surface area contributed by atoms with Crippen LogP contribution in [0.5, 0.6) is 5.75 Å². The van der Waals surface area contributed by atoms with Crippen molar-refractivity contribution in [1.29, 1.82) is 0 Å². The van der Waals surface area contributed by atoms with Gasteiger partial charge in [0.25, 0.3) is 0 Å². The molecular weight excluding hydrogens is 288 g/mol. The van der Waals surface area contributed by atoms with E-state index in [4.69, 9.17) is 14.8 Å². The molecule has 1 aromatic carbocycles. The van der Waals surface area contributed by atoms with E-state index < -0.39 is 5.97 Å². The summed E-state index contributed by atoms with van der Waals surface area (Å²) in [5, 5.41) is 10.0. The third kappa shape index (κ3) is 2.81. The van der Waals surface area contributed by atoms with Crippen LogP contribution >= 0.6 is 11.3 Å². The molecule has 1 saturated heterocycles. The number of nitrogens with zero attached hydrogens (tertiary/aromatic N) is 2. The molecule has 21 heavy (non-hydrogen) atoms. The Morgan fingerprint density at radius 2 is 2.24 bits per heavy atom. The van der Waals surface area contributed by atoms with Gasteiger partial charge in [0.15, 0.2) is 5.13 Å². The summed E-state index contributed by atoms with van der Waals surface area (Å²) in [5.74, 6) is -0.0786. The smallest absolute Gasteiger partial charge is 0.306 e. The molecule has 2 aromatic rings. The van der Waals surface area contributed by atoms with E-state index in [1.807, 2.05) is 25.1 Å². The second-order valence-corrected chi connectivity index (χ2v) is 6.14. The quantitative estimate of drug-likeness (QED) is 0.941. The van der Waals surface area contributed by atoms with Gasteiger partial charge in [0.2, 0.25) is 0 Å². The Labute approximate surface area is 127 Å². The van der Waals surface area contributed by atoms with Crippen molar-refractivity contribution in [3.05, 3.63) is 18.2 Å². The molecule has 0 unspecified atom stereocenters. The van der Waals surface area contributed by atoms with E-state index in [1.54, 1.807) is 11.3 Å². The molecule has 112 valence electrons. The Kier molecular flexibility index (Phi) is 3.96. The number of carbonyl (C=O) groups is 1. The average molecular weight is 306 g/mol. The summed E-state index contributed by atoms with van der Waals surface area (Å²) in [7, 11) is 0. The van der Waals surface area contributed by atoms with Crippen molar-refractivity contribution in [2.24, 2.45) is 5.92 Å². The predicted molar refractivity (Wildman–Crippen MR) is 83.4 cm³/mol. The highest BCUT2D eigenvalue weighted by atomic mass is 32.1. The molecule has 0 radical (unpaired) electrons. The molecule has 0 spiro atoms. The molecule has 6 heteroatoms. The van der Waals surface area contributed by atoms with Crippen LogP contribution in [0.3, 0.4) is 0 Å². The maximum Gasteiger partial charge on any atom is 0.306 e. The van der Waals surface area contributed by atoms with Gasteiger partial charge in [0.1, 0.15) is 11.3 Å². The number of fused-ring (bicyclic) bond motifs is 1. The lowest BCUT2D eigenvalue weighted by atomic mass is 9.98. The van der Waals surface area contributed by atoms with E-state index in [1.165, 1.54) is 0 Å². The second-order valence-electron chi connectivity index (χ2n) is 5.13. The van der Waals surface area contributed by atoms with E-state index in [2.05, 4.69) is 4.90 Å². The van der Waals surface area contributed by atoms with Crippen LogP contribution in [0.4, 0.5) is 5.13 Å². The van der Waals surface area contributed by atoms with Crippen LogP contribution in [-0.2, 0) is 4.79 Å². The first-order valence-corrected chi connectivity index (χ1v) is 8.00. The molecule has 0 saturated carbocycles. The molecule has 0 aliphatic carbocycles. The van der Waals surface area contributed by atoms with E-state index in [-0.39, 0.29) is 5.92 Å². The fourth-order valence-corrected chi connectivity index (χ4v) is 3.67. The van der Waals surface area contributed by atoms with Crippen molar-refractivity contribution < 1.29 is 14.6 Å². The topological polar surface area (TPSA) is 62.7 Å². The Hall–Kier alpha value is -1.82. The predicted octanol–water partition coefficient (Wildman–Crippen LogP) is 3.00. The first-order chi connectivity index (χ1) is 10.2. The zero-order chi connectivity index (χ0) is 14.8. The number of anilines is 1. The number of thiazole rings is 1. The minimum Gasteiger partial charge on any atom is -0.492 e. The van der Waals surface area contributed by atoms with Crippen LogP contribution in [-0.4, -0.2) is 35.8 Å². The monoisotopic (exact) mass is 306 g/mol. The molecule has 0 bridgehead atoms. The maximum absolute atomic E-state index is 11.0. The van der Waals surface area contributed by atoms with Crippen LogP contribution in [0, 0.1) is 5.92 Å². The molecule has 5 nitrogen and oxygen atoms in total. The van der Waals surface area contributed by atoms with Crippen LogP contribution in [0.2, 0.25) is 0 Å². The van der Waals surface area contributed by atoms with E-state index in [9.17, 15) is 4.79 Å². The highest BCUT2D eigenvalue weighted by Crippen LogP contribution is 2.35. The molecule has 3 rings (SSSR count). The van der Waals surface area contributed by atoms with Gasteiger partial charge in [-0.25, -0.2) is 4.98 Å². The minimum atomic E-state index is -0.683. The van der Waals surface area contributed by atoms with Gasteiger partial charge in [-0.3, -0.25) is 4.79 Å². The maximum atomic E-state index is 11.0. The summed E-state index contributed by atoms with van der Waals surface area (Å²) in [4.78, 5) is 17.9. The van der Waals surface area contributed by atoms with Crippen molar-refractivity contribution in [2.45, 2.75) is 19.8 Å². The van der Waals surface area contributed by atoms with Crippen molar-refractivity contribution in [3.63, 3.8) is 0 Å². The normalized spacial score (nSPS) is 16.3. The molecule has 1 aliphatic rings. The van der Waals surface area contributed by atoms with Crippen molar-refractivity contribution in [1.82, 2.24) is 4.98 Å². The van der Waals surface area contributed by atoms with E-state index in [0.29, 0.717) is 19.4 Å². The molecule has 1 N–H and O–H groups in total. The number of carboxylic acid groups (broad SMARTS) is 1. The fraction of sp³-hybridized carbons (Fsp3) is 0.467. The fourth-order valence-electron chi connectivity index (χ4n) is 2.64. The number of piperidine rings is 1. The summed E-state index contributed by atoms with van der Waals surface area (Å²) >= 11 is 1.64. The second kappa shape index (κ2) is 5.89. The Morgan fingerprint density at radius 3 is 2.90 bits per heavy atom. The summed E-state index contributed by atoms with van der Waals surface area (Å²) in [6.45, 7) is 4.08. The number of rotatable bonds is 4. The lowest BCUT2D eigenvalue weighted by Gasteiger charge is -2.29. The van der Waals surface area contributed by atoms with Gasteiger partial charge in [-0.1, -0.05) is 17.4 Å². The first kappa shape index (κ1) is 14.1. The zero-order valence-electron chi connectivity index (χ0n) is 11.9. The van der Waals surface area contributed by atoms with Crippen molar-refractivity contribution in [3.8, 4) is 5.75 Å². The number of benzene rings is 1. The number of aliphatic carboxylic acids is 1. The number of hydrogen-bond donors (Lipinski definition) is 1. The average Bonchev–Trinajstić information content (AvgIpc) is 2.93. The van der Waals surface area contributed by atoms with Gasteiger partial charge in [0, 0.05) is 13.1 Å². The van der Waals surface area contributed by atoms with Crippen LogP contribution in [0.1, 0.15) is 19.8 Å². The van der Waals surface area contributed by atoms with Crippen LogP contribution in [0.15, 0.2) is 18.2 Å². The van der Waals surface area contributed by atoms with E-state index >= 15 is 0 Å². The van der Waals surface area contributed by atoms with Gasteiger partial charge < -0.3 is 14.7 Å². The van der Waals surface area contributed by atoms with E-state index in [0.717, 1.165) is 34.2 Å². The van der Waals surface area contributed by atoms with Crippen LogP contribution < -0.4 is 9.64 Å². The summed E-state index contributed by atoms with van der Waals surface area (Å²) in [6.07, 6.45) is 1.37. The minimum absolute atomic E-state index is 0.213. The molecular formula is C15H18N2O3S. The molecule has 1 fully saturated rings. The number of aromatic nitrogens is 1.